The summed E-state index contributed by atoms with van der Waals surface area (Å²) in [5.74, 6) is -1.24. The first-order chi connectivity index (χ1) is 16.2. The van der Waals surface area contributed by atoms with Crippen LogP contribution in [0.3, 0.4) is 0 Å². The first-order valence-electron chi connectivity index (χ1n) is 10.4. The summed E-state index contributed by atoms with van der Waals surface area (Å²) in [4.78, 5) is 39.0. The fourth-order valence-corrected chi connectivity index (χ4v) is 4.14. The Labute approximate surface area is 196 Å². The first kappa shape index (κ1) is 23.1. The molecule has 1 aliphatic rings. The number of nitrogens with zero attached hydrogens (tertiary/aromatic N) is 1. The number of nitrogens with one attached hydrogen (secondary N) is 2. The van der Waals surface area contributed by atoms with Crippen LogP contribution in [0.5, 0.6) is 0 Å². The van der Waals surface area contributed by atoms with Crippen LogP contribution in [0.2, 0.25) is 0 Å². The van der Waals surface area contributed by atoms with Gasteiger partial charge >= 0.3 is 0 Å². The Hall–Kier alpha value is -4.02. The molecule has 1 aliphatic heterocycles. The first-order valence-corrected chi connectivity index (χ1v) is 12.0. The van der Waals surface area contributed by atoms with Gasteiger partial charge in [-0.3, -0.25) is 14.4 Å². The molecule has 0 saturated carbocycles. The zero-order valence-corrected chi connectivity index (χ0v) is 18.8. The average Bonchev–Trinajstić information content (AvgIpc) is 3.21. The molecule has 3 amide bonds. The standard InChI is InChI=1S/C24H22N4O5S/c25-34(32,33)21-12-10-19(11-13-21)26-23(30)16-6-8-18(9-7-16)27-24(31)17-14-22(29)28(15-17)20-4-2-1-3-5-20/h1-13,17H,14-15H2,(H,26,30)(H,27,31)(H2,25,32,33). The lowest BCUT2D eigenvalue weighted by molar-refractivity contribution is -0.122. The number of sulfonamides is 1. The molecule has 0 spiro atoms. The smallest absolute Gasteiger partial charge is 0.255 e. The van der Waals surface area contributed by atoms with Gasteiger partial charge in [-0.1, -0.05) is 18.2 Å². The van der Waals surface area contributed by atoms with E-state index in [4.69, 9.17) is 5.14 Å². The number of benzene rings is 3. The number of amides is 3. The van der Waals surface area contributed by atoms with Crippen molar-refractivity contribution in [1.82, 2.24) is 0 Å². The molecule has 4 rings (SSSR count). The van der Waals surface area contributed by atoms with E-state index in [0.29, 0.717) is 23.5 Å². The number of carbonyl (C=O) groups is 3. The number of hydrogen-bond donors (Lipinski definition) is 3. The van der Waals surface area contributed by atoms with Crippen LogP contribution in [-0.2, 0) is 19.6 Å². The topological polar surface area (TPSA) is 139 Å². The lowest BCUT2D eigenvalue weighted by atomic mass is 10.1. The lowest BCUT2D eigenvalue weighted by Gasteiger charge is -2.16. The van der Waals surface area contributed by atoms with E-state index >= 15 is 0 Å². The van der Waals surface area contributed by atoms with Gasteiger partial charge in [0.05, 0.1) is 10.8 Å². The fourth-order valence-electron chi connectivity index (χ4n) is 3.62. The summed E-state index contributed by atoms with van der Waals surface area (Å²) in [6.07, 6.45) is 0.130. The van der Waals surface area contributed by atoms with Crippen molar-refractivity contribution in [2.75, 3.05) is 22.1 Å². The van der Waals surface area contributed by atoms with Crippen LogP contribution in [0.1, 0.15) is 16.8 Å². The van der Waals surface area contributed by atoms with Crippen LogP contribution in [0.15, 0.2) is 83.8 Å². The van der Waals surface area contributed by atoms with Gasteiger partial charge in [0.15, 0.2) is 0 Å². The maximum atomic E-state index is 12.7. The molecule has 9 nitrogen and oxygen atoms in total. The molecule has 0 radical (unpaired) electrons. The van der Waals surface area contributed by atoms with Crippen LogP contribution in [0.4, 0.5) is 17.1 Å². The number of primary sulfonamides is 1. The molecule has 1 heterocycles. The summed E-state index contributed by atoms with van der Waals surface area (Å²) in [6.45, 7) is 0.305. The third kappa shape index (κ3) is 5.30. The van der Waals surface area contributed by atoms with Gasteiger partial charge in [-0.05, 0) is 60.7 Å². The minimum absolute atomic E-state index is 0.0542. The lowest BCUT2D eigenvalue weighted by Crippen LogP contribution is -2.28. The summed E-state index contributed by atoms with van der Waals surface area (Å²) in [6, 6.07) is 21.0. The third-order valence-electron chi connectivity index (χ3n) is 5.42. The van der Waals surface area contributed by atoms with Gasteiger partial charge in [-0.25, -0.2) is 13.6 Å². The average molecular weight is 479 g/mol. The second-order valence-corrected chi connectivity index (χ2v) is 9.39. The molecule has 10 heteroatoms. The highest BCUT2D eigenvalue weighted by molar-refractivity contribution is 7.89. The summed E-state index contributed by atoms with van der Waals surface area (Å²) >= 11 is 0. The van der Waals surface area contributed by atoms with Gasteiger partial charge < -0.3 is 15.5 Å². The second-order valence-electron chi connectivity index (χ2n) is 7.83. The zero-order valence-electron chi connectivity index (χ0n) is 18.0. The van der Waals surface area contributed by atoms with Crippen molar-refractivity contribution in [3.63, 3.8) is 0 Å². The molecule has 4 N–H and O–H groups in total. The molecule has 1 atom stereocenters. The Morgan fingerprint density at radius 2 is 1.44 bits per heavy atom. The van der Waals surface area contributed by atoms with E-state index in [1.807, 2.05) is 30.3 Å². The molecule has 1 saturated heterocycles. The normalized spacial score (nSPS) is 15.7. The largest absolute Gasteiger partial charge is 0.326 e. The van der Waals surface area contributed by atoms with Crippen molar-refractivity contribution in [2.24, 2.45) is 11.1 Å². The summed E-state index contributed by atoms with van der Waals surface area (Å²) in [7, 11) is -3.81. The highest BCUT2D eigenvalue weighted by atomic mass is 32.2. The highest BCUT2D eigenvalue weighted by Crippen LogP contribution is 2.26. The Bertz CT molecular complexity index is 1320. The molecule has 34 heavy (non-hydrogen) atoms. The molecule has 0 bridgehead atoms. The van der Waals surface area contributed by atoms with E-state index in [9.17, 15) is 22.8 Å². The number of para-hydroxylation sites is 1. The highest BCUT2D eigenvalue weighted by Gasteiger charge is 2.35. The number of nitrogens with two attached hydrogens (primary N) is 1. The summed E-state index contributed by atoms with van der Waals surface area (Å²) < 4.78 is 22.6. The van der Waals surface area contributed by atoms with Gasteiger partial charge in [0.1, 0.15) is 0 Å². The maximum Gasteiger partial charge on any atom is 0.255 e. The van der Waals surface area contributed by atoms with Crippen LogP contribution in [-0.4, -0.2) is 32.7 Å². The van der Waals surface area contributed by atoms with E-state index in [2.05, 4.69) is 10.6 Å². The predicted octanol–water partition coefficient (Wildman–Crippen LogP) is 2.58. The van der Waals surface area contributed by atoms with E-state index in [0.717, 1.165) is 5.69 Å². The predicted molar refractivity (Wildman–Crippen MR) is 128 cm³/mol. The van der Waals surface area contributed by atoms with Crippen molar-refractivity contribution < 1.29 is 22.8 Å². The van der Waals surface area contributed by atoms with Gasteiger partial charge in [0.2, 0.25) is 21.8 Å². The number of carbonyl (C=O) groups excluding carboxylic acids is 3. The van der Waals surface area contributed by atoms with E-state index in [1.54, 1.807) is 29.2 Å². The van der Waals surface area contributed by atoms with Crippen LogP contribution >= 0.6 is 0 Å². The second kappa shape index (κ2) is 9.46. The molecule has 1 unspecified atom stereocenters. The maximum absolute atomic E-state index is 12.7. The van der Waals surface area contributed by atoms with Gasteiger partial charge in [-0.2, -0.15) is 0 Å². The SMILES string of the molecule is NS(=O)(=O)c1ccc(NC(=O)c2ccc(NC(=O)C3CC(=O)N(c4ccccc4)C3)cc2)cc1. The Morgan fingerprint density at radius 1 is 0.853 bits per heavy atom. The van der Waals surface area contributed by atoms with Crippen LogP contribution in [0, 0.1) is 5.92 Å². The molecule has 3 aromatic rings. The molecule has 174 valence electrons. The Kier molecular flexibility index (Phi) is 6.44. The van der Waals surface area contributed by atoms with Crippen molar-refractivity contribution in [3.05, 3.63) is 84.4 Å². The number of rotatable bonds is 6. The van der Waals surface area contributed by atoms with Crippen molar-refractivity contribution >= 4 is 44.8 Å². The molecule has 3 aromatic carbocycles. The van der Waals surface area contributed by atoms with Gasteiger partial charge in [0.25, 0.3) is 5.91 Å². The Balaban J connectivity index is 1.35. The zero-order chi connectivity index (χ0) is 24.3. The molecule has 1 fully saturated rings. The van der Waals surface area contributed by atoms with Crippen molar-refractivity contribution in [2.45, 2.75) is 11.3 Å². The van der Waals surface area contributed by atoms with Gasteiger partial charge in [0, 0.05) is 35.6 Å². The van der Waals surface area contributed by atoms with Crippen molar-refractivity contribution in [1.29, 1.82) is 0 Å². The van der Waals surface area contributed by atoms with Crippen LogP contribution in [0.25, 0.3) is 0 Å². The minimum Gasteiger partial charge on any atom is -0.326 e. The third-order valence-corrected chi connectivity index (χ3v) is 6.35. The van der Waals surface area contributed by atoms with E-state index in [-0.39, 0.29) is 23.1 Å². The summed E-state index contributed by atoms with van der Waals surface area (Å²) in [5, 5.41) is 10.5. The quantitative estimate of drug-likeness (QED) is 0.500. The molecular weight excluding hydrogens is 456 g/mol. The van der Waals surface area contributed by atoms with E-state index < -0.39 is 21.8 Å². The monoisotopic (exact) mass is 478 g/mol. The molecule has 0 aliphatic carbocycles. The molecular formula is C24H22N4O5S. The van der Waals surface area contributed by atoms with E-state index in [1.165, 1.54) is 24.3 Å². The summed E-state index contributed by atoms with van der Waals surface area (Å²) in [5.41, 5.74) is 2.02. The minimum atomic E-state index is -3.81. The van der Waals surface area contributed by atoms with Crippen molar-refractivity contribution in [3.8, 4) is 0 Å². The number of hydrogen-bond acceptors (Lipinski definition) is 5. The Morgan fingerprint density at radius 3 is 2.06 bits per heavy atom. The number of anilines is 3. The fraction of sp³-hybridized carbons (Fsp3) is 0.125. The van der Waals surface area contributed by atoms with Gasteiger partial charge in [-0.15, -0.1) is 0 Å². The van der Waals surface area contributed by atoms with Crippen LogP contribution < -0.4 is 20.7 Å². The molecule has 0 aromatic heterocycles.